The number of aromatic hydroxyl groups is 1. The van der Waals surface area contributed by atoms with Gasteiger partial charge in [-0.2, -0.15) is 0 Å². The quantitative estimate of drug-likeness (QED) is 0.841. The molecule has 23 heavy (non-hydrogen) atoms. The molecular formula is C17H21N3O3. The van der Waals surface area contributed by atoms with Crippen LogP contribution in [0, 0.1) is 0 Å². The second kappa shape index (κ2) is 6.64. The molecule has 0 amide bonds. The molecule has 0 spiro atoms. The maximum atomic E-state index is 11.9. The maximum absolute atomic E-state index is 11.9. The number of hydrogen-bond acceptors (Lipinski definition) is 4. The predicted molar refractivity (Wildman–Crippen MR) is 90.6 cm³/mol. The minimum absolute atomic E-state index is 0.00686. The topological polar surface area (TPSA) is 87.4 Å². The van der Waals surface area contributed by atoms with Crippen molar-refractivity contribution in [2.24, 2.45) is 4.99 Å². The number of nitrogens with zero attached hydrogens (tertiary/aromatic N) is 2. The molecular weight excluding hydrogens is 294 g/mol. The summed E-state index contributed by atoms with van der Waals surface area (Å²) in [5, 5.41) is 10.3. The van der Waals surface area contributed by atoms with Crippen LogP contribution < -0.4 is 11.2 Å². The van der Waals surface area contributed by atoms with E-state index in [9.17, 15) is 14.7 Å². The van der Waals surface area contributed by atoms with Crippen LogP contribution in [0.1, 0.15) is 31.9 Å². The van der Waals surface area contributed by atoms with Crippen molar-refractivity contribution >= 4 is 6.21 Å². The summed E-state index contributed by atoms with van der Waals surface area (Å²) >= 11 is 0. The van der Waals surface area contributed by atoms with Crippen LogP contribution in [0.15, 0.2) is 44.9 Å². The van der Waals surface area contributed by atoms with Crippen LogP contribution in [0.25, 0.3) is 0 Å². The van der Waals surface area contributed by atoms with E-state index in [2.05, 4.69) is 9.98 Å². The van der Waals surface area contributed by atoms with Gasteiger partial charge in [0.05, 0.1) is 0 Å². The number of aliphatic imine (C=N–C) groups is 1. The van der Waals surface area contributed by atoms with Gasteiger partial charge >= 0.3 is 5.69 Å². The van der Waals surface area contributed by atoms with Gasteiger partial charge in [0.2, 0.25) is 5.88 Å². The Morgan fingerprint density at radius 1 is 1.22 bits per heavy atom. The van der Waals surface area contributed by atoms with Crippen LogP contribution in [-0.2, 0) is 12.0 Å². The van der Waals surface area contributed by atoms with Crippen molar-refractivity contribution < 1.29 is 5.11 Å². The van der Waals surface area contributed by atoms with Crippen LogP contribution in [0.4, 0.5) is 0 Å². The fourth-order valence-corrected chi connectivity index (χ4v) is 2.27. The first-order valence-corrected chi connectivity index (χ1v) is 7.43. The second-order valence-electron chi connectivity index (χ2n) is 6.27. The van der Waals surface area contributed by atoms with Crippen LogP contribution in [-0.4, -0.2) is 27.4 Å². The lowest BCUT2D eigenvalue weighted by Crippen LogP contribution is -2.40. The van der Waals surface area contributed by atoms with E-state index in [1.807, 2.05) is 30.3 Å². The van der Waals surface area contributed by atoms with Crippen molar-refractivity contribution in [3.8, 4) is 5.88 Å². The lowest BCUT2D eigenvalue weighted by Gasteiger charge is -2.23. The molecule has 2 N–H and O–H groups in total. The summed E-state index contributed by atoms with van der Waals surface area (Å²) in [6.45, 7) is 5.78. The van der Waals surface area contributed by atoms with Crippen LogP contribution in [0.3, 0.4) is 0 Å². The zero-order valence-electron chi connectivity index (χ0n) is 13.5. The van der Waals surface area contributed by atoms with E-state index >= 15 is 0 Å². The normalized spacial score (nSPS) is 12.0. The van der Waals surface area contributed by atoms with Gasteiger partial charge in [-0.25, -0.2) is 4.79 Å². The minimum atomic E-state index is -0.655. The molecule has 1 aromatic carbocycles. The largest absolute Gasteiger partial charge is 0.494 e. The standard InChI is InChI=1S/C17H21N3O3/c1-17(2,3)20-15(22)13(14(21)19-16(20)23)11-18-10-9-12-7-5-4-6-8-12/h4-8,11,22H,9-10H2,1-3H3,(H,19,21,23). The van der Waals surface area contributed by atoms with Crippen molar-refractivity contribution in [2.45, 2.75) is 32.7 Å². The molecule has 0 aliphatic rings. The number of aromatic amines is 1. The Morgan fingerprint density at radius 2 is 1.87 bits per heavy atom. The van der Waals surface area contributed by atoms with Crippen molar-refractivity contribution in [2.75, 3.05) is 6.54 Å². The monoisotopic (exact) mass is 315 g/mol. The Balaban J connectivity index is 2.25. The number of rotatable bonds is 4. The van der Waals surface area contributed by atoms with E-state index in [-0.39, 0.29) is 11.4 Å². The van der Waals surface area contributed by atoms with Gasteiger partial charge in [0, 0.05) is 18.3 Å². The fraction of sp³-hybridized carbons (Fsp3) is 0.353. The van der Waals surface area contributed by atoms with Gasteiger partial charge < -0.3 is 5.11 Å². The lowest BCUT2D eigenvalue weighted by atomic mass is 10.1. The van der Waals surface area contributed by atoms with Gasteiger partial charge in [0.15, 0.2) is 0 Å². The summed E-state index contributed by atoms with van der Waals surface area (Å²) in [5.41, 5.74) is -0.800. The molecule has 0 radical (unpaired) electrons. The molecule has 0 aliphatic heterocycles. The molecule has 122 valence electrons. The molecule has 1 aromatic heterocycles. The van der Waals surface area contributed by atoms with Crippen molar-refractivity contribution in [1.29, 1.82) is 0 Å². The third-order valence-corrected chi connectivity index (χ3v) is 3.38. The second-order valence-corrected chi connectivity index (χ2v) is 6.27. The van der Waals surface area contributed by atoms with E-state index in [1.54, 1.807) is 20.8 Å². The van der Waals surface area contributed by atoms with Gasteiger partial charge in [0.25, 0.3) is 5.56 Å². The van der Waals surface area contributed by atoms with E-state index in [0.29, 0.717) is 6.54 Å². The van der Waals surface area contributed by atoms with Crippen molar-refractivity contribution in [3.05, 3.63) is 62.3 Å². The van der Waals surface area contributed by atoms with Crippen LogP contribution in [0.5, 0.6) is 5.88 Å². The van der Waals surface area contributed by atoms with Gasteiger partial charge in [-0.05, 0) is 32.8 Å². The minimum Gasteiger partial charge on any atom is -0.494 e. The highest BCUT2D eigenvalue weighted by Crippen LogP contribution is 2.19. The SMILES string of the molecule is CC(C)(C)n1c(O)c(C=NCCc2ccccc2)c(=O)[nH]c1=O. The molecule has 2 rings (SSSR count). The number of hydrogen-bond donors (Lipinski definition) is 2. The third kappa shape index (κ3) is 3.97. The zero-order valence-corrected chi connectivity index (χ0v) is 13.5. The van der Waals surface area contributed by atoms with Gasteiger partial charge in [-0.1, -0.05) is 30.3 Å². The molecule has 6 nitrogen and oxygen atoms in total. The fourth-order valence-electron chi connectivity index (χ4n) is 2.27. The molecule has 0 atom stereocenters. The summed E-state index contributed by atoms with van der Waals surface area (Å²) in [6, 6.07) is 9.85. The third-order valence-electron chi connectivity index (χ3n) is 3.38. The molecule has 0 unspecified atom stereocenters. The van der Waals surface area contributed by atoms with E-state index in [4.69, 9.17) is 0 Å². The summed E-state index contributed by atoms with van der Waals surface area (Å²) < 4.78 is 1.15. The van der Waals surface area contributed by atoms with E-state index in [1.165, 1.54) is 6.21 Å². The molecule has 2 aromatic rings. The summed E-state index contributed by atoms with van der Waals surface area (Å²) in [7, 11) is 0. The van der Waals surface area contributed by atoms with Crippen molar-refractivity contribution in [3.63, 3.8) is 0 Å². The Bertz CT molecular complexity index is 812. The number of aromatic nitrogens is 2. The highest BCUT2D eigenvalue weighted by molar-refractivity contribution is 5.81. The average molecular weight is 315 g/mol. The molecule has 0 saturated carbocycles. The highest BCUT2D eigenvalue weighted by atomic mass is 16.3. The van der Waals surface area contributed by atoms with Gasteiger partial charge in [-0.15, -0.1) is 0 Å². The summed E-state index contributed by atoms with van der Waals surface area (Å²) in [4.78, 5) is 30.2. The molecule has 0 saturated heterocycles. The highest BCUT2D eigenvalue weighted by Gasteiger charge is 2.22. The van der Waals surface area contributed by atoms with E-state index < -0.39 is 16.8 Å². The van der Waals surface area contributed by atoms with Gasteiger partial charge in [-0.3, -0.25) is 19.3 Å². The summed E-state index contributed by atoms with van der Waals surface area (Å²) in [5.74, 6) is -0.366. The first-order chi connectivity index (χ1) is 10.8. The van der Waals surface area contributed by atoms with Gasteiger partial charge in [0.1, 0.15) is 5.56 Å². The average Bonchev–Trinajstić information content (AvgIpc) is 2.45. The number of benzene rings is 1. The van der Waals surface area contributed by atoms with Crippen LogP contribution in [0.2, 0.25) is 0 Å². The molecule has 0 fully saturated rings. The Morgan fingerprint density at radius 3 is 2.48 bits per heavy atom. The van der Waals surface area contributed by atoms with Crippen LogP contribution >= 0.6 is 0 Å². The number of nitrogens with one attached hydrogen (secondary N) is 1. The molecule has 1 heterocycles. The predicted octanol–water partition coefficient (Wildman–Crippen LogP) is 1.66. The molecule has 0 bridgehead atoms. The molecule has 0 aliphatic carbocycles. The Hall–Kier alpha value is -2.63. The Labute approximate surface area is 134 Å². The van der Waals surface area contributed by atoms with Crippen molar-refractivity contribution in [1.82, 2.24) is 9.55 Å². The summed E-state index contributed by atoms with van der Waals surface area (Å²) in [6.07, 6.45) is 2.05. The first kappa shape index (κ1) is 16.7. The first-order valence-electron chi connectivity index (χ1n) is 7.43. The smallest absolute Gasteiger partial charge is 0.331 e. The zero-order chi connectivity index (χ0) is 17.0. The molecule has 6 heteroatoms. The Kier molecular flexibility index (Phi) is 4.83. The maximum Gasteiger partial charge on any atom is 0.331 e. The van der Waals surface area contributed by atoms with E-state index in [0.717, 1.165) is 16.6 Å². The number of H-pyrrole nitrogens is 1. The lowest BCUT2D eigenvalue weighted by molar-refractivity contribution is 0.305.